The second kappa shape index (κ2) is 9.73. The zero-order valence-electron chi connectivity index (χ0n) is 16.1. The molecular weight excluding hydrogens is 372 g/mol. The first-order valence-corrected chi connectivity index (χ1v) is 9.66. The Balaban J connectivity index is 1.41. The van der Waals surface area contributed by atoms with Crippen LogP contribution in [-0.4, -0.2) is 29.5 Å². The van der Waals surface area contributed by atoms with Gasteiger partial charge in [-0.25, -0.2) is 0 Å². The first-order valence-electron chi connectivity index (χ1n) is 9.66. The minimum Gasteiger partial charge on any atom is -0.494 e. The molecule has 1 aliphatic rings. The van der Waals surface area contributed by atoms with Gasteiger partial charge in [-0.3, -0.25) is 14.4 Å². The van der Waals surface area contributed by atoms with Gasteiger partial charge in [0.25, 0.3) is 0 Å². The summed E-state index contributed by atoms with van der Waals surface area (Å²) < 4.78 is 5.72. The van der Waals surface area contributed by atoms with Crippen LogP contribution in [0, 0.1) is 0 Å². The monoisotopic (exact) mass is 396 g/mol. The fraction of sp³-hybridized carbons (Fsp3) is 0.318. The molecule has 7 nitrogen and oxygen atoms in total. The molecule has 2 amide bonds. The maximum atomic E-state index is 12.1. The van der Waals surface area contributed by atoms with Crippen molar-refractivity contribution in [3.05, 3.63) is 53.6 Å². The summed E-state index contributed by atoms with van der Waals surface area (Å²) in [4.78, 5) is 34.2. The van der Waals surface area contributed by atoms with Crippen molar-refractivity contribution in [1.29, 1.82) is 0 Å². The fourth-order valence-corrected chi connectivity index (χ4v) is 3.15. The van der Waals surface area contributed by atoms with E-state index in [0.29, 0.717) is 44.4 Å². The molecule has 29 heavy (non-hydrogen) atoms. The Hall–Kier alpha value is -3.35. The van der Waals surface area contributed by atoms with Crippen LogP contribution in [-0.2, 0) is 27.2 Å². The zero-order valence-corrected chi connectivity index (χ0v) is 16.1. The molecular formula is C22H24N2O5. The third-order valence-corrected chi connectivity index (χ3v) is 4.63. The largest absolute Gasteiger partial charge is 0.494 e. The number of ether oxygens (including phenoxy) is 1. The maximum absolute atomic E-state index is 12.1. The maximum Gasteiger partial charge on any atom is 0.303 e. The van der Waals surface area contributed by atoms with Gasteiger partial charge in [-0.15, -0.1) is 0 Å². The molecule has 152 valence electrons. The van der Waals surface area contributed by atoms with E-state index in [4.69, 9.17) is 9.84 Å². The quantitative estimate of drug-likeness (QED) is 0.564. The number of nitrogens with one attached hydrogen (secondary N) is 2. The minimum atomic E-state index is -0.844. The van der Waals surface area contributed by atoms with E-state index in [0.717, 1.165) is 22.6 Å². The first-order chi connectivity index (χ1) is 14.0. The number of fused-ring (bicyclic) bond motifs is 1. The molecule has 0 spiro atoms. The highest BCUT2D eigenvalue weighted by Crippen LogP contribution is 2.26. The van der Waals surface area contributed by atoms with Crippen molar-refractivity contribution in [2.75, 3.05) is 17.2 Å². The summed E-state index contributed by atoms with van der Waals surface area (Å²) in [6, 6.07) is 12.8. The molecule has 0 saturated carbocycles. The Labute approximate surface area is 169 Å². The van der Waals surface area contributed by atoms with E-state index in [2.05, 4.69) is 10.6 Å². The van der Waals surface area contributed by atoms with Crippen molar-refractivity contribution in [3.8, 4) is 5.75 Å². The lowest BCUT2D eigenvalue weighted by Gasteiger charge is -2.17. The van der Waals surface area contributed by atoms with E-state index in [-0.39, 0.29) is 18.2 Å². The van der Waals surface area contributed by atoms with Gasteiger partial charge < -0.3 is 20.5 Å². The predicted molar refractivity (Wildman–Crippen MR) is 109 cm³/mol. The lowest BCUT2D eigenvalue weighted by molar-refractivity contribution is -0.137. The number of aliphatic carboxylic acids is 1. The van der Waals surface area contributed by atoms with E-state index in [1.807, 2.05) is 24.3 Å². The standard InChI is InChI=1S/C22H24N2O5/c25-20(23-17-4-1-3-15(13-17)6-11-22(27)28)5-2-12-29-18-8-9-19-16(14-18)7-10-21(26)24-19/h1,3-4,8-9,13-14H,2,5-7,10-12H2,(H,23,25)(H,24,26)(H,27,28). The van der Waals surface area contributed by atoms with Crippen LogP contribution in [0.15, 0.2) is 42.5 Å². The lowest BCUT2D eigenvalue weighted by atomic mass is 10.0. The van der Waals surface area contributed by atoms with Crippen molar-refractivity contribution in [2.45, 2.75) is 38.5 Å². The highest BCUT2D eigenvalue weighted by molar-refractivity contribution is 5.94. The summed E-state index contributed by atoms with van der Waals surface area (Å²) in [6.07, 6.45) is 2.56. The molecule has 0 radical (unpaired) electrons. The molecule has 0 saturated heterocycles. The van der Waals surface area contributed by atoms with Crippen LogP contribution in [0.3, 0.4) is 0 Å². The number of carboxylic acid groups (broad SMARTS) is 1. The number of carboxylic acids is 1. The number of carbonyl (C=O) groups excluding carboxylic acids is 2. The molecule has 0 fully saturated rings. The number of rotatable bonds is 9. The van der Waals surface area contributed by atoms with E-state index < -0.39 is 5.97 Å². The molecule has 0 bridgehead atoms. The van der Waals surface area contributed by atoms with E-state index in [1.165, 1.54) is 0 Å². The number of hydrogen-bond donors (Lipinski definition) is 3. The van der Waals surface area contributed by atoms with Gasteiger partial charge in [-0.2, -0.15) is 0 Å². The van der Waals surface area contributed by atoms with E-state index >= 15 is 0 Å². The van der Waals surface area contributed by atoms with Gasteiger partial charge in [-0.05, 0) is 60.7 Å². The van der Waals surface area contributed by atoms with Crippen molar-refractivity contribution in [3.63, 3.8) is 0 Å². The molecule has 3 N–H and O–H groups in total. The van der Waals surface area contributed by atoms with Gasteiger partial charge in [0.05, 0.1) is 6.61 Å². The summed E-state index contributed by atoms with van der Waals surface area (Å²) in [5.41, 5.74) is 3.42. The molecule has 0 atom stereocenters. The molecule has 0 aliphatic carbocycles. The highest BCUT2D eigenvalue weighted by atomic mass is 16.5. The first kappa shape index (κ1) is 20.4. The second-order valence-corrected chi connectivity index (χ2v) is 6.96. The van der Waals surface area contributed by atoms with Crippen molar-refractivity contribution in [1.82, 2.24) is 0 Å². The fourth-order valence-electron chi connectivity index (χ4n) is 3.15. The van der Waals surface area contributed by atoms with Crippen LogP contribution in [0.1, 0.15) is 36.8 Å². The normalized spacial score (nSPS) is 12.6. The van der Waals surface area contributed by atoms with Crippen molar-refractivity contribution >= 4 is 29.2 Å². The number of anilines is 2. The topological polar surface area (TPSA) is 105 Å². The Morgan fingerprint density at radius 2 is 1.97 bits per heavy atom. The van der Waals surface area contributed by atoms with Crippen molar-refractivity contribution < 1.29 is 24.2 Å². The molecule has 1 aliphatic heterocycles. The average molecular weight is 396 g/mol. The number of carbonyl (C=O) groups is 3. The third-order valence-electron chi connectivity index (χ3n) is 4.63. The minimum absolute atomic E-state index is 0.0320. The molecule has 2 aromatic rings. The van der Waals surface area contributed by atoms with Crippen LogP contribution >= 0.6 is 0 Å². The Kier molecular flexibility index (Phi) is 6.84. The summed E-state index contributed by atoms with van der Waals surface area (Å²) in [6.45, 7) is 0.414. The van der Waals surface area contributed by atoms with Crippen LogP contribution in [0.25, 0.3) is 0 Å². The van der Waals surface area contributed by atoms with Gasteiger partial charge in [0.2, 0.25) is 11.8 Å². The molecule has 2 aromatic carbocycles. The van der Waals surface area contributed by atoms with Gasteiger partial charge in [-0.1, -0.05) is 12.1 Å². The van der Waals surface area contributed by atoms with E-state index in [1.54, 1.807) is 18.2 Å². The predicted octanol–water partition coefficient (Wildman–Crippen LogP) is 3.39. The third kappa shape index (κ3) is 6.34. The average Bonchev–Trinajstić information content (AvgIpc) is 2.70. The smallest absolute Gasteiger partial charge is 0.303 e. The Bertz CT molecular complexity index is 910. The summed E-state index contributed by atoms with van der Waals surface area (Å²) in [5, 5.41) is 14.4. The van der Waals surface area contributed by atoms with Crippen LogP contribution in [0.2, 0.25) is 0 Å². The van der Waals surface area contributed by atoms with Crippen LogP contribution < -0.4 is 15.4 Å². The van der Waals surface area contributed by atoms with Gasteiger partial charge in [0.15, 0.2) is 0 Å². The molecule has 3 rings (SSSR count). The number of amides is 2. The highest BCUT2D eigenvalue weighted by Gasteiger charge is 2.15. The van der Waals surface area contributed by atoms with Crippen LogP contribution in [0.4, 0.5) is 11.4 Å². The second-order valence-electron chi connectivity index (χ2n) is 6.96. The number of aryl methyl sites for hydroxylation is 2. The van der Waals surface area contributed by atoms with E-state index in [9.17, 15) is 14.4 Å². The number of benzene rings is 2. The van der Waals surface area contributed by atoms with Gasteiger partial charge in [0.1, 0.15) is 5.75 Å². The summed E-state index contributed by atoms with van der Waals surface area (Å²) >= 11 is 0. The number of hydrogen-bond acceptors (Lipinski definition) is 4. The molecule has 1 heterocycles. The summed E-state index contributed by atoms with van der Waals surface area (Å²) in [5.74, 6) is -0.198. The van der Waals surface area contributed by atoms with Crippen molar-refractivity contribution in [2.24, 2.45) is 0 Å². The summed E-state index contributed by atoms with van der Waals surface area (Å²) in [7, 11) is 0. The SMILES string of the molecule is O=C(O)CCc1cccc(NC(=O)CCCOc2ccc3c(c2)CCC(=O)N3)c1. The Morgan fingerprint density at radius 3 is 2.79 bits per heavy atom. The molecule has 7 heteroatoms. The zero-order chi connectivity index (χ0) is 20.6. The van der Waals surface area contributed by atoms with Gasteiger partial charge >= 0.3 is 5.97 Å². The Morgan fingerprint density at radius 1 is 1.10 bits per heavy atom. The van der Waals surface area contributed by atoms with Gasteiger partial charge in [0, 0.05) is 30.6 Å². The molecule has 0 aromatic heterocycles. The molecule has 0 unspecified atom stereocenters. The van der Waals surface area contributed by atoms with Crippen LogP contribution in [0.5, 0.6) is 5.75 Å². The lowest BCUT2D eigenvalue weighted by Crippen LogP contribution is -2.18.